The summed E-state index contributed by atoms with van der Waals surface area (Å²) in [6.07, 6.45) is 1.00. The molecular formula is C8H4Cl4N2O2S. The van der Waals surface area contributed by atoms with Crippen LogP contribution in [0.3, 0.4) is 0 Å². The van der Waals surface area contributed by atoms with Crippen LogP contribution in [-0.2, 0) is 9.84 Å². The van der Waals surface area contributed by atoms with Crippen LogP contribution in [0.2, 0.25) is 15.3 Å². The highest BCUT2D eigenvalue weighted by Gasteiger charge is 2.24. The number of rotatable bonds is 1. The van der Waals surface area contributed by atoms with E-state index in [2.05, 4.69) is 4.98 Å². The highest BCUT2D eigenvalue weighted by atomic mass is 35.5. The minimum atomic E-state index is -3.61. The molecule has 0 saturated heterocycles. The summed E-state index contributed by atoms with van der Waals surface area (Å²) >= 11 is 23.3. The summed E-state index contributed by atoms with van der Waals surface area (Å²) in [5.74, 6) is 0. The molecule has 0 aliphatic heterocycles. The van der Waals surface area contributed by atoms with Crippen LogP contribution in [0.25, 0.3) is 11.0 Å². The van der Waals surface area contributed by atoms with Crippen LogP contribution >= 0.6 is 46.6 Å². The lowest BCUT2D eigenvalue weighted by Gasteiger charge is -2.06. The molecule has 0 amide bonds. The number of aromatic nitrogens is 2. The molecule has 0 radical (unpaired) electrons. The standard InChI is InChI=1S/C8H4Cl4N2O2S/c1-17(15,16)7-5(10)3(9)2-4-6(7)14(12)8(11)13-4/h2H,1H3. The number of sulfone groups is 1. The smallest absolute Gasteiger partial charge is 0.218 e. The van der Waals surface area contributed by atoms with Gasteiger partial charge in [0.2, 0.25) is 5.28 Å². The molecule has 0 atom stereocenters. The molecule has 0 saturated carbocycles. The monoisotopic (exact) mass is 332 g/mol. The summed E-state index contributed by atoms with van der Waals surface area (Å²) in [5.41, 5.74) is 0.383. The van der Waals surface area contributed by atoms with Crippen molar-refractivity contribution >= 4 is 67.5 Å². The molecule has 1 heterocycles. The van der Waals surface area contributed by atoms with E-state index < -0.39 is 9.84 Å². The molecule has 1 aromatic carbocycles. The van der Waals surface area contributed by atoms with Crippen LogP contribution in [0.15, 0.2) is 11.0 Å². The van der Waals surface area contributed by atoms with Crippen molar-refractivity contribution in [3.63, 3.8) is 0 Å². The fraction of sp³-hybridized carbons (Fsp3) is 0.125. The van der Waals surface area contributed by atoms with Gasteiger partial charge in [-0.25, -0.2) is 17.5 Å². The molecule has 0 bridgehead atoms. The molecule has 92 valence electrons. The number of fused-ring (bicyclic) bond motifs is 1. The van der Waals surface area contributed by atoms with Crippen molar-refractivity contribution in [3.05, 3.63) is 21.4 Å². The molecule has 0 fully saturated rings. The van der Waals surface area contributed by atoms with Crippen molar-refractivity contribution in [1.82, 2.24) is 9.07 Å². The lowest BCUT2D eigenvalue weighted by Crippen LogP contribution is -2.01. The van der Waals surface area contributed by atoms with Crippen molar-refractivity contribution in [2.75, 3.05) is 6.26 Å². The molecule has 2 aromatic rings. The van der Waals surface area contributed by atoms with Gasteiger partial charge in [-0.05, 0) is 17.7 Å². The molecule has 1 aromatic heterocycles. The SMILES string of the molecule is CS(=O)(=O)c1c(Cl)c(Cl)cc2nc(Cl)n(Cl)c12. The van der Waals surface area contributed by atoms with Crippen LogP contribution < -0.4 is 0 Å². The molecule has 0 aliphatic carbocycles. The van der Waals surface area contributed by atoms with E-state index in [1.165, 1.54) is 6.07 Å². The molecule has 0 unspecified atom stereocenters. The zero-order chi connectivity index (χ0) is 13.0. The summed E-state index contributed by atoms with van der Waals surface area (Å²) in [7, 11) is -3.61. The summed E-state index contributed by atoms with van der Waals surface area (Å²) in [6, 6.07) is 1.40. The van der Waals surface area contributed by atoms with Gasteiger partial charge in [0.15, 0.2) is 9.84 Å². The fourth-order valence-electron chi connectivity index (χ4n) is 1.43. The van der Waals surface area contributed by atoms with Gasteiger partial charge in [-0.2, -0.15) is 0 Å². The molecule has 17 heavy (non-hydrogen) atoms. The van der Waals surface area contributed by atoms with Crippen LogP contribution in [0.1, 0.15) is 0 Å². The fourth-order valence-corrected chi connectivity index (χ4v) is 3.66. The van der Waals surface area contributed by atoms with Crippen molar-refractivity contribution in [2.24, 2.45) is 0 Å². The predicted molar refractivity (Wildman–Crippen MR) is 69.1 cm³/mol. The predicted octanol–water partition coefficient (Wildman–Crippen LogP) is 3.40. The third kappa shape index (κ3) is 2.11. The summed E-state index contributed by atoms with van der Waals surface area (Å²) in [6.45, 7) is 0. The Morgan fingerprint density at radius 3 is 2.41 bits per heavy atom. The van der Waals surface area contributed by atoms with Crippen LogP contribution in [-0.4, -0.2) is 23.7 Å². The third-order valence-electron chi connectivity index (χ3n) is 2.07. The number of benzene rings is 1. The van der Waals surface area contributed by atoms with E-state index in [-0.39, 0.29) is 31.3 Å². The lowest BCUT2D eigenvalue weighted by molar-refractivity contribution is 0.602. The van der Waals surface area contributed by atoms with Crippen LogP contribution in [0.4, 0.5) is 0 Å². The highest BCUT2D eigenvalue weighted by molar-refractivity contribution is 7.91. The van der Waals surface area contributed by atoms with Gasteiger partial charge in [0.05, 0.1) is 15.6 Å². The third-order valence-corrected chi connectivity index (χ3v) is 4.78. The molecule has 0 spiro atoms. The quantitative estimate of drug-likeness (QED) is 0.803. The largest absolute Gasteiger partial charge is 0.224 e. The maximum atomic E-state index is 11.7. The molecular weight excluding hydrogens is 330 g/mol. The number of imidazole rings is 1. The first kappa shape index (κ1) is 13.2. The van der Waals surface area contributed by atoms with Gasteiger partial charge in [0, 0.05) is 18.0 Å². The highest BCUT2D eigenvalue weighted by Crippen LogP contribution is 2.37. The number of halogens is 4. The normalized spacial score (nSPS) is 12.3. The second-order valence-corrected chi connectivity index (χ2v) is 6.72. The Labute approximate surface area is 117 Å². The van der Waals surface area contributed by atoms with Crippen molar-refractivity contribution in [3.8, 4) is 0 Å². The minimum absolute atomic E-state index is 0.0649. The summed E-state index contributed by atoms with van der Waals surface area (Å²) in [5, 5.41) is -0.0870. The number of hydrogen-bond acceptors (Lipinski definition) is 3. The Morgan fingerprint density at radius 1 is 1.29 bits per heavy atom. The van der Waals surface area contributed by atoms with Crippen molar-refractivity contribution < 1.29 is 8.42 Å². The van der Waals surface area contributed by atoms with Gasteiger partial charge in [0.1, 0.15) is 10.4 Å². The first-order valence-corrected chi connectivity index (χ1v) is 7.52. The average molecular weight is 334 g/mol. The first-order valence-electron chi connectivity index (χ1n) is 4.15. The van der Waals surface area contributed by atoms with Crippen LogP contribution in [0, 0.1) is 0 Å². The topological polar surface area (TPSA) is 52.0 Å². The Balaban J connectivity index is 3.12. The van der Waals surface area contributed by atoms with E-state index in [1.807, 2.05) is 0 Å². The lowest BCUT2D eigenvalue weighted by atomic mass is 10.3. The van der Waals surface area contributed by atoms with Crippen molar-refractivity contribution in [2.45, 2.75) is 4.90 Å². The van der Waals surface area contributed by atoms with E-state index in [1.54, 1.807) is 0 Å². The Bertz CT molecular complexity index is 723. The zero-order valence-electron chi connectivity index (χ0n) is 8.21. The molecule has 0 aliphatic rings. The maximum absolute atomic E-state index is 11.7. The van der Waals surface area contributed by atoms with E-state index in [9.17, 15) is 8.42 Å². The van der Waals surface area contributed by atoms with E-state index >= 15 is 0 Å². The van der Waals surface area contributed by atoms with Crippen LogP contribution in [0.5, 0.6) is 0 Å². The van der Waals surface area contributed by atoms with Gasteiger partial charge in [-0.1, -0.05) is 23.2 Å². The first-order chi connectivity index (χ1) is 7.73. The second-order valence-electron chi connectivity index (χ2n) is 3.30. The second kappa shape index (κ2) is 4.17. The number of nitrogens with zero attached hydrogens (tertiary/aromatic N) is 2. The van der Waals surface area contributed by atoms with Gasteiger partial charge in [-0.15, -0.1) is 0 Å². The van der Waals surface area contributed by atoms with Crippen molar-refractivity contribution in [1.29, 1.82) is 0 Å². The average Bonchev–Trinajstić information content (AvgIpc) is 2.43. The maximum Gasteiger partial charge on any atom is 0.218 e. The molecule has 2 rings (SSSR count). The Hall–Kier alpha value is -0.200. The van der Waals surface area contributed by atoms with Gasteiger partial charge in [0.25, 0.3) is 0 Å². The Kier molecular flexibility index (Phi) is 3.25. The van der Waals surface area contributed by atoms with Gasteiger partial charge < -0.3 is 0 Å². The molecule has 4 nitrogen and oxygen atoms in total. The van der Waals surface area contributed by atoms with Gasteiger partial charge >= 0.3 is 0 Å². The molecule has 0 N–H and O–H groups in total. The van der Waals surface area contributed by atoms with E-state index in [0.717, 1.165) is 10.3 Å². The Morgan fingerprint density at radius 2 is 1.88 bits per heavy atom. The van der Waals surface area contributed by atoms with Gasteiger partial charge in [-0.3, -0.25) is 0 Å². The summed E-state index contributed by atoms with van der Waals surface area (Å²) < 4.78 is 24.3. The minimum Gasteiger partial charge on any atom is -0.224 e. The zero-order valence-corrected chi connectivity index (χ0v) is 12.0. The summed E-state index contributed by atoms with van der Waals surface area (Å²) in [4.78, 5) is 3.69. The van der Waals surface area contributed by atoms with E-state index in [4.69, 9.17) is 46.6 Å². The van der Waals surface area contributed by atoms with E-state index in [0.29, 0.717) is 0 Å². The number of hydrogen-bond donors (Lipinski definition) is 0. The molecule has 9 heteroatoms.